The lowest BCUT2D eigenvalue weighted by molar-refractivity contribution is -0.143. The number of hydrogen-bond donors (Lipinski definition) is 3. The normalized spacial score (nSPS) is 12.7. The van der Waals surface area contributed by atoms with E-state index in [0.29, 0.717) is 25.9 Å². The number of ether oxygens (including phenoxy) is 1. The third kappa shape index (κ3) is 51.7. The highest BCUT2D eigenvalue weighted by Crippen LogP contribution is 2.17. The molecule has 0 aromatic heterocycles. The largest absolute Gasteiger partial charge is 0.466 e. The number of rotatable bonds is 55. The second kappa shape index (κ2) is 55.9. The predicted octanol–water partition coefficient (Wildman–Crippen LogP) is 18.2. The van der Waals surface area contributed by atoms with Crippen LogP contribution in [0.15, 0.2) is 24.3 Å². The van der Waals surface area contributed by atoms with Crippen molar-refractivity contribution in [1.29, 1.82) is 0 Å². The summed E-state index contributed by atoms with van der Waals surface area (Å²) >= 11 is 0. The van der Waals surface area contributed by atoms with Crippen molar-refractivity contribution in [2.45, 2.75) is 334 Å². The van der Waals surface area contributed by atoms with Crippen LogP contribution in [0.5, 0.6) is 0 Å². The first-order chi connectivity index (χ1) is 32.5. The Morgan fingerprint density at radius 3 is 1.12 bits per heavy atom. The fourth-order valence-electron chi connectivity index (χ4n) is 9.15. The summed E-state index contributed by atoms with van der Waals surface area (Å²) in [5.41, 5.74) is 0. The highest BCUT2D eigenvalue weighted by Gasteiger charge is 2.20. The third-order valence-corrected chi connectivity index (χ3v) is 13.7. The molecule has 66 heavy (non-hydrogen) atoms. The molecular weight excluding hydrogens is 815 g/mol. The lowest BCUT2D eigenvalue weighted by atomic mass is 10.0. The second-order valence-electron chi connectivity index (χ2n) is 20.3. The van der Waals surface area contributed by atoms with Crippen molar-refractivity contribution >= 4 is 11.9 Å². The van der Waals surface area contributed by atoms with E-state index in [9.17, 15) is 19.8 Å². The molecule has 0 aliphatic rings. The van der Waals surface area contributed by atoms with E-state index in [1.165, 1.54) is 244 Å². The average molecular weight is 931 g/mol. The maximum Gasteiger partial charge on any atom is 0.305 e. The van der Waals surface area contributed by atoms with Crippen molar-refractivity contribution in [1.82, 2.24) is 5.32 Å². The van der Waals surface area contributed by atoms with E-state index in [0.717, 1.165) is 44.9 Å². The number of carbonyl (C=O) groups is 2. The van der Waals surface area contributed by atoms with Gasteiger partial charge in [-0.15, -0.1) is 0 Å². The summed E-state index contributed by atoms with van der Waals surface area (Å²) in [6.45, 7) is 4.90. The molecule has 0 aliphatic heterocycles. The average Bonchev–Trinajstić information content (AvgIpc) is 3.32. The first kappa shape index (κ1) is 64.3. The van der Waals surface area contributed by atoms with Gasteiger partial charge >= 0.3 is 5.97 Å². The maximum absolute atomic E-state index is 12.4. The lowest BCUT2D eigenvalue weighted by Gasteiger charge is -2.22. The molecule has 0 saturated carbocycles. The van der Waals surface area contributed by atoms with Crippen molar-refractivity contribution in [3.05, 3.63) is 24.3 Å². The van der Waals surface area contributed by atoms with Crippen molar-refractivity contribution in [3.8, 4) is 0 Å². The maximum atomic E-state index is 12.4. The van der Waals surface area contributed by atoms with Crippen molar-refractivity contribution < 1.29 is 24.5 Å². The minimum atomic E-state index is -0.661. The Bertz CT molecular complexity index is 1030. The van der Waals surface area contributed by atoms with Crippen LogP contribution in [-0.4, -0.2) is 47.4 Å². The van der Waals surface area contributed by atoms with Gasteiger partial charge in [-0.3, -0.25) is 9.59 Å². The number of hydrogen-bond acceptors (Lipinski definition) is 5. The van der Waals surface area contributed by atoms with Crippen LogP contribution >= 0.6 is 0 Å². The molecule has 0 aliphatic carbocycles. The minimum absolute atomic E-state index is 0.00523. The van der Waals surface area contributed by atoms with Gasteiger partial charge in [0.15, 0.2) is 0 Å². The van der Waals surface area contributed by atoms with E-state index in [4.69, 9.17) is 4.74 Å². The lowest BCUT2D eigenvalue weighted by Crippen LogP contribution is -2.45. The molecule has 0 radical (unpaired) electrons. The Morgan fingerprint density at radius 1 is 0.409 bits per heavy atom. The summed E-state index contributed by atoms with van der Waals surface area (Å²) in [5.74, 6) is -0.0306. The van der Waals surface area contributed by atoms with Gasteiger partial charge in [0.2, 0.25) is 5.91 Å². The van der Waals surface area contributed by atoms with Crippen LogP contribution in [0.2, 0.25) is 0 Å². The van der Waals surface area contributed by atoms with E-state index >= 15 is 0 Å². The van der Waals surface area contributed by atoms with Gasteiger partial charge in [-0.1, -0.05) is 263 Å². The van der Waals surface area contributed by atoms with Crippen LogP contribution in [0.4, 0.5) is 0 Å². The van der Waals surface area contributed by atoms with Gasteiger partial charge in [-0.25, -0.2) is 0 Å². The van der Waals surface area contributed by atoms with Crippen molar-refractivity contribution in [2.75, 3.05) is 13.2 Å². The molecule has 3 N–H and O–H groups in total. The minimum Gasteiger partial charge on any atom is -0.466 e. The fourth-order valence-corrected chi connectivity index (χ4v) is 9.15. The highest BCUT2D eigenvalue weighted by atomic mass is 16.5. The van der Waals surface area contributed by atoms with Crippen LogP contribution in [0, 0.1) is 0 Å². The number of allylic oxidation sites excluding steroid dienone is 4. The number of unbranched alkanes of at least 4 members (excludes halogenated alkanes) is 40. The molecule has 2 atom stereocenters. The van der Waals surface area contributed by atoms with Gasteiger partial charge in [0.05, 0.1) is 25.4 Å². The molecule has 390 valence electrons. The van der Waals surface area contributed by atoms with Gasteiger partial charge in [0, 0.05) is 12.8 Å². The number of nitrogens with one attached hydrogen (secondary N) is 1. The number of esters is 1. The molecule has 0 aromatic rings. The van der Waals surface area contributed by atoms with Crippen LogP contribution < -0.4 is 5.32 Å². The van der Waals surface area contributed by atoms with Crippen LogP contribution in [0.25, 0.3) is 0 Å². The predicted molar refractivity (Wildman–Crippen MR) is 287 cm³/mol. The van der Waals surface area contributed by atoms with Gasteiger partial charge in [-0.05, 0) is 70.6 Å². The molecule has 0 bridgehead atoms. The molecule has 6 heteroatoms. The fraction of sp³-hybridized carbons (Fsp3) is 0.900. The number of aliphatic hydroxyl groups excluding tert-OH is 2. The summed E-state index contributed by atoms with van der Waals surface area (Å²) in [6, 6.07) is -0.538. The van der Waals surface area contributed by atoms with E-state index in [1.54, 1.807) is 0 Å². The summed E-state index contributed by atoms with van der Waals surface area (Å²) < 4.78 is 5.46. The molecule has 0 spiro atoms. The molecule has 0 rings (SSSR count). The summed E-state index contributed by atoms with van der Waals surface area (Å²) in [6.07, 6.45) is 67.7. The Kier molecular flexibility index (Phi) is 54.5. The second-order valence-corrected chi connectivity index (χ2v) is 20.3. The monoisotopic (exact) mass is 930 g/mol. The van der Waals surface area contributed by atoms with Crippen LogP contribution in [0.1, 0.15) is 322 Å². The molecule has 6 nitrogen and oxygen atoms in total. The molecule has 0 heterocycles. The SMILES string of the molecule is CCCC/C=C\CCCCCCCC(=O)OCCCCCCCCCCCCCC/C=C\CCCCCCCCCCCCCCCC(=O)NC(CO)C(O)CCCCCCCCCCC. The Morgan fingerprint density at radius 2 is 0.727 bits per heavy atom. The van der Waals surface area contributed by atoms with Gasteiger partial charge in [-0.2, -0.15) is 0 Å². The molecular formula is C60H115NO5. The number of amides is 1. The third-order valence-electron chi connectivity index (χ3n) is 13.7. The molecule has 0 saturated heterocycles. The summed E-state index contributed by atoms with van der Waals surface area (Å²) in [4.78, 5) is 24.4. The number of carbonyl (C=O) groups excluding carboxylic acids is 2. The smallest absolute Gasteiger partial charge is 0.305 e. The Balaban J connectivity index is 3.34. The summed E-state index contributed by atoms with van der Waals surface area (Å²) in [5, 5.41) is 23.1. The van der Waals surface area contributed by atoms with E-state index in [1.807, 2.05) is 0 Å². The zero-order valence-electron chi connectivity index (χ0n) is 44.4. The van der Waals surface area contributed by atoms with E-state index in [2.05, 4.69) is 43.5 Å². The molecule has 1 amide bonds. The van der Waals surface area contributed by atoms with Gasteiger partial charge < -0.3 is 20.3 Å². The molecule has 0 aromatic carbocycles. The first-order valence-electron chi connectivity index (χ1n) is 29.6. The van der Waals surface area contributed by atoms with Crippen molar-refractivity contribution in [3.63, 3.8) is 0 Å². The van der Waals surface area contributed by atoms with Crippen LogP contribution in [-0.2, 0) is 14.3 Å². The van der Waals surface area contributed by atoms with E-state index < -0.39 is 12.1 Å². The summed E-state index contributed by atoms with van der Waals surface area (Å²) in [7, 11) is 0. The quantitative estimate of drug-likeness (QED) is 0.0321. The zero-order valence-corrected chi connectivity index (χ0v) is 44.4. The first-order valence-corrected chi connectivity index (χ1v) is 29.6. The standard InChI is InChI=1S/C60H115NO5/c1-3-5-7-9-11-13-33-38-42-46-50-54-60(65)66-55-51-47-43-39-35-32-30-28-26-24-22-20-18-16-14-15-17-19-21-23-25-27-29-31-34-37-41-45-49-53-59(64)61-57(56-62)58(63)52-48-44-40-36-12-10-8-6-4-2/h9,11,14,16,57-58,62-63H,3-8,10,12-13,15,17-56H2,1-2H3,(H,61,64)/b11-9-,16-14-. The van der Waals surface area contributed by atoms with Crippen molar-refractivity contribution in [2.24, 2.45) is 0 Å². The van der Waals surface area contributed by atoms with Gasteiger partial charge in [0.1, 0.15) is 0 Å². The molecule has 0 fully saturated rings. The molecule has 2 unspecified atom stereocenters. The van der Waals surface area contributed by atoms with E-state index in [-0.39, 0.29) is 18.5 Å². The van der Waals surface area contributed by atoms with Gasteiger partial charge in [0.25, 0.3) is 0 Å². The Labute approximate surface area is 411 Å². The topological polar surface area (TPSA) is 95.9 Å². The van der Waals surface area contributed by atoms with Crippen LogP contribution in [0.3, 0.4) is 0 Å². The Hall–Kier alpha value is -1.66. The number of aliphatic hydroxyl groups is 2. The highest BCUT2D eigenvalue weighted by molar-refractivity contribution is 5.76. The zero-order chi connectivity index (χ0) is 47.9.